The number of aliphatic hydroxyl groups is 1. The van der Waals surface area contributed by atoms with Gasteiger partial charge in [0.25, 0.3) is 0 Å². The Morgan fingerprint density at radius 2 is 1.87 bits per heavy atom. The van der Waals surface area contributed by atoms with Crippen LogP contribution in [0.1, 0.15) is 18.4 Å². The van der Waals surface area contributed by atoms with E-state index in [4.69, 9.17) is 0 Å². The zero-order valence-electron chi connectivity index (χ0n) is 17.3. The molecule has 1 fully saturated rings. The van der Waals surface area contributed by atoms with E-state index in [1.54, 1.807) is 18.3 Å². The van der Waals surface area contributed by atoms with Crippen molar-refractivity contribution in [3.05, 3.63) is 78.6 Å². The van der Waals surface area contributed by atoms with Crippen molar-refractivity contribution in [3.8, 4) is 11.1 Å². The second-order valence-electron chi connectivity index (χ2n) is 7.68. The molecule has 1 aliphatic rings. The number of nitrogens with zero attached hydrogens (tertiary/aromatic N) is 3. The molecule has 0 aliphatic carbocycles. The number of anilines is 2. The van der Waals surface area contributed by atoms with Gasteiger partial charge in [0.05, 0.1) is 0 Å². The van der Waals surface area contributed by atoms with Crippen LogP contribution in [-0.2, 0) is 4.79 Å². The number of carbonyl (C=O) groups is 1. The smallest absolute Gasteiger partial charge is 0.249 e. The van der Waals surface area contributed by atoms with Gasteiger partial charge in [-0.3, -0.25) is 4.79 Å². The van der Waals surface area contributed by atoms with Gasteiger partial charge < -0.3 is 15.3 Å². The summed E-state index contributed by atoms with van der Waals surface area (Å²) in [6.07, 6.45) is 8.81. The first-order valence-electron chi connectivity index (χ1n) is 10.5. The van der Waals surface area contributed by atoms with Gasteiger partial charge in [0.1, 0.15) is 11.6 Å². The molecule has 1 amide bonds. The van der Waals surface area contributed by atoms with E-state index >= 15 is 0 Å². The van der Waals surface area contributed by atoms with Gasteiger partial charge in [-0.2, -0.15) is 0 Å². The molecule has 158 valence electrons. The lowest BCUT2D eigenvalue weighted by Crippen LogP contribution is -2.35. The van der Waals surface area contributed by atoms with Crippen LogP contribution in [0.3, 0.4) is 0 Å². The van der Waals surface area contributed by atoms with Crippen molar-refractivity contribution in [2.75, 3.05) is 29.9 Å². The number of aromatic nitrogens is 2. The Bertz CT molecular complexity index is 1030. The van der Waals surface area contributed by atoms with Gasteiger partial charge >= 0.3 is 0 Å². The summed E-state index contributed by atoms with van der Waals surface area (Å²) in [6, 6.07) is 17.5. The molecule has 0 saturated carbocycles. The van der Waals surface area contributed by atoms with Gasteiger partial charge in [-0.05, 0) is 60.2 Å². The number of benzene rings is 1. The van der Waals surface area contributed by atoms with E-state index in [0.717, 1.165) is 48.4 Å². The molecule has 3 heterocycles. The number of pyridine rings is 2. The third kappa shape index (κ3) is 5.55. The summed E-state index contributed by atoms with van der Waals surface area (Å²) in [5, 5.41) is 12.1. The van der Waals surface area contributed by atoms with Crippen molar-refractivity contribution in [2.45, 2.75) is 12.8 Å². The zero-order chi connectivity index (χ0) is 21.5. The lowest BCUT2D eigenvalue weighted by atomic mass is 9.98. The third-order valence-electron chi connectivity index (χ3n) is 5.52. The monoisotopic (exact) mass is 414 g/mol. The first kappa shape index (κ1) is 20.8. The predicted molar refractivity (Wildman–Crippen MR) is 124 cm³/mol. The maximum Gasteiger partial charge on any atom is 0.249 e. The van der Waals surface area contributed by atoms with E-state index in [1.165, 1.54) is 6.08 Å². The SMILES string of the molecule is O=C(/C=C/c1ccccc1)Nc1ccc(-c2ccnc(N3CCC(CO)CC3)c2)cn1. The van der Waals surface area contributed by atoms with Crippen molar-refractivity contribution < 1.29 is 9.90 Å². The van der Waals surface area contributed by atoms with Gasteiger partial charge in [0.15, 0.2) is 0 Å². The van der Waals surface area contributed by atoms with Crippen LogP contribution in [0.5, 0.6) is 0 Å². The molecule has 1 aromatic carbocycles. The van der Waals surface area contributed by atoms with Crippen molar-refractivity contribution in [1.82, 2.24) is 9.97 Å². The fourth-order valence-electron chi connectivity index (χ4n) is 3.66. The number of rotatable bonds is 6. The first-order chi connectivity index (χ1) is 15.2. The molecule has 0 spiro atoms. The van der Waals surface area contributed by atoms with Gasteiger partial charge in [-0.15, -0.1) is 0 Å². The maximum absolute atomic E-state index is 12.1. The summed E-state index contributed by atoms with van der Waals surface area (Å²) in [6.45, 7) is 2.07. The van der Waals surface area contributed by atoms with E-state index in [9.17, 15) is 9.90 Å². The average molecular weight is 415 g/mol. The molecule has 0 bridgehead atoms. The minimum atomic E-state index is -0.221. The van der Waals surface area contributed by atoms with Gasteiger partial charge in [0, 0.05) is 43.7 Å². The van der Waals surface area contributed by atoms with Crippen LogP contribution in [0.2, 0.25) is 0 Å². The average Bonchev–Trinajstić information content (AvgIpc) is 2.84. The number of hydrogen-bond donors (Lipinski definition) is 2. The molecule has 1 aliphatic heterocycles. The Hall–Kier alpha value is -3.51. The molecule has 31 heavy (non-hydrogen) atoms. The van der Waals surface area contributed by atoms with E-state index in [1.807, 2.05) is 48.7 Å². The van der Waals surface area contributed by atoms with Crippen LogP contribution in [0, 0.1) is 5.92 Å². The molecular formula is C25H26N4O2. The van der Waals surface area contributed by atoms with E-state index in [2.05, 4.69) is 26.3 Å². The van der Waals surface area contributed by atoms with Gasteiger partial charge in [0.2, 0.25) is 5.91 Å². The van der Waals surface area contributed by atoms with Crippen LogP contribution in [0.15, 0.2) is 73.1 Å². The summed E-state index contributed by atoms with van der Waals surface area (Å²) in [5.74, 6) is 1.62. The summed E-state index contributed by atoms with van der Waals surface area (Å²) < 4.78 is 0. The fourth-order valence-corrected chi connectivity index (χ4v) is 3.66. The largest absolute Gasteiger partial charge is 0.396 e. The van der Waals surface area contributed by atoms with E-state index in [-0.39, 0.29) is 12.5 Å². The van der Waals surface area contributed by atoms with Crippen LogP contribution < -0.4 is 10.2 Å². The standard InChI is InChI=1S/C25H26N4O2/c30-18-20-11-14-29(15-12-20)24-16-21(10-13-26-24)22-7-8-23(27-17-22)28-25(31)9-6-19-4-2-1-3-5-19/h1-10,13,16-17,20,30H,11-12,14-15,18H2,(H,27,28,31)/b9-6+. The number of nitrogens with one attached hydrogen (secondary N) is 1. The van der Waals surface area contributed by atoms with Crippen molar-refractivity contribution in [2.24, 2.45) is 5.92 Å². The highest BCUT2D eigenvalue weighted by Crippen LogP contribution is 2.26. The quantitative estimate of drug-likeness (QED) is 0.596. The molecule has 6 heteroatoms. The second-order valence-corrected chi connectivity index (χ2v) is 7.68. The molecular weight excluding hydrogens is 388 g/mol. The van der Waals surface area contributed by atoms with E-state index < -0.39 is 0 Å². The maximum atomic E-state index is 12.1. The zero-order valence-corrected chi connectivity index (χ0v) is 17.3. The van der Waals surface area contributed by atoms with Gasteiger partial charge in [-0.25, -0.2) is 9.97 Å². The Morgan fingerprint density at radius 1 is 1.06 bits per heavy atom. The van der Waals surface area contributed by atoms with Crippen molar-refractivity contribution in [1.29, 1.82) is 0 Å². The fraction of sp³-hybridized carbons (Fsp3) is 0.240. The normalized spacial score (nSPS) is 14.7. The van der Waals surface area contributed by atoms with Crippen molar-refractivity contribution in [3.63, 3.8) is 0 Å². The molecule has 3 aromatic rings. The van der Waals surface area contributed by atoms with Crippen LogP contribution >= 0.6 is 0 Å². The number of aliphatic hydroxyl groups excluding tert-OH is 1. The number of hydrogen-bond acceptors (Lipinski definition) is 5. The molecule has 1 saturated heterocycles. The molecule has 4 rings (SSSR count). The summed E-state index contributed by atoms with van der Waals surface area (Å²) in [5.41, 5.74) is 2.96. The Morgan fingerprint density at radius 3 is 2.58 bits per heavy atom. The van der Waals surface area contributed by atoms with Crippen LogP contribution in [0.25, 0.3) is 17.2 Å². The summed E-state index contributed by atoms with van der Waals surface area (Å²) >= 11 is 0. The molecule has 0 unspecified atom stereocenters. The molecule has 6 nitrogen and oxygen atoms in total. The number of piperidine rings is 1. The topological polar surface area (TPSA) is 78.4 Å². The molecule has 2 aromatic heterocycles. The number of carbonyl (C=O) groups excluding carboxylic acids is 1. The Kier molecular flexibility index (Phi) is 6.69. The lowest BCUT2D eigenvalue weighted by molar-refractivity contribution is -0.111. The second kappa shape index (κ2) is 10.00. The highest BCUT2D eigenvalue weighted by molar-refractivity contribution is 6.01. The molecule has 0 radical (unpaired) electrons. The third-order valence-corrected chi connectivity index (χ3v) is 5.52. The van der Waals surface area contributed by atoms with E-state index in [0.29, 0.717) is 11.7 Å². The molecule has 2 N–H and O–H groups in total. The first-order valence-corrected chi connectivity index (χ1v) is 10.5. The Balaban J connectivity index is 1.39. The van der Waals surface area contributed by atoms with Crippen LogP contribution in [-0.4, -0.2) is 40.7 Å². The minimum absolute atomic E-state index is 0.221. The lowest BCUT2D eigenvalue weighted by Gasteiger charge is -2.32. The Labute approximate surface area is 182 Å². The molecule has 0 atom stereocenters. The number of amides is 1. The highest BCUT2D eigenvalue weighted by Gasteiger charge is 2.19. The highest BCUT2D eigenvalue weighted by atomic mass is 16.3. The predicted octanol–water partition coefficient (Wildman–Crippen LogP) is 4.00. The van der Waals surface area contributed by atoms with Crippen molar-refractivity contribution >= 4 is 23.6 Å². The summed E-state index contributed by atoms with van der Waals surface area (Å²) in [7, 11) is 0. The van der Waals surface area contributed by atoms with Gasteiger partial charge in [-0.1, -0.05) is 30.3 Å². The minimum Gasteiger partial charge on any atom is -0.396 e. The van der Waals surface area contributed by atoms with Crippen LogP contribution in [0.4, 0.5) is 11.6 Å². The summed E-state index contributed by atoms with van der Waals surface area (Å²) in [4.78, 5) is 23.3.